The summed E-state index contributed by atoms with van der Waals surface area (Å²) in [5.74, 6) is -0.321. The Morgan fingerprint density at radius 2 is 1.69 bits per heavy atom. The van der Waals surface area contributed by atoms with Gasteiger partial charge in [-0.05, 0) is 54.7 Å². The molecule has 1 aliphatic carbocycles. The Morgan fingerprint density at radius 1 is 0.986 bits per heavy atom. The number of pyridine rings is 1. The Kier molecular flexibility index (Phi) is 15.9. The van der Waals surface area contributed by atoms with Crippen molar-refractivity contribution in [2.24, 2.45) is 16.2 Å². The van der Waals surface area contributed by atoms with Gasteiger partial charge in [0.25, 0.3) is 5.91 Å². The number of nitrogens with one attached hydrogen (secondary N) is 3. The molecule has 18 heteroatoms. The molecule has 2 aromatic carbocycles. The Hall–Kier alpha value is -5.67. The van der Waals surface area contributed by atoms with Crippen molar-refractivity contribution in [3.05, 3.63) is 93.7 Å². The van der Waals surface area contributed by atoms with Crippen LogP contribution in [0.4, 0.5) is 10.2 Å². The van der Waals surface area contributed by atoms with Crippen LogP contribution >= 0.6 is 22.9 Å². The summed E-state index contributed by atoms with van der Waals surface area (Å²) in [6.07, 6.45) is -0.132. The van der Waals surface area contributed by atoms with Gasteiger partial charge < -0.3 is 35.2 Å². The molecule has 0 unspecified atom stereocenters. The van der Waals surface area contributed by atoms with Gasteiger partial charge in [0.1, 0.15) is 48.6 Å². The number of nitriles is 1. The summed E-state index contributed by atoms with van der Waals surface area (Å²) in [5.41, 5.74) is 3.94. The Bertz CT molecular complexity index is 2560. The number of carbonyl (C=O) groups excluding carboxylic acids is 4. The summed E-state index contributed by atoms with van der Waals surface area (Å²) in [6, 6.07) is 16.0. The van der Waals surface area contributed by atoms with Crippen LogP contribution in [0.15, 0.2) is 66.3 Å². The van der Waals surface area contributed by atoms with Crippen molar-refractivity contribution in [3.8, 4) is 22.3 Å². The van der Waals surface area contributed by atoms with Gasteiger partial charge in [-0.15, -0.1) is 11.3 Å². The van der Waals surface area contributed by atoms with Crippen molar-refractivity contribution in [1.29, 1.82) is 5.26 Å². The highest BCUT2D eigenvalue weighted by Crippen LogP contribution is 2.55. The highest BCUT2D eigenvalue weighted by Gasteiger charge is 2.64. The van der Waals surface area contributed by atoms with Crippen LogP contribution in [-0.2, 0) is 19.1 Å². The molecule has 4 atom stereocenters. The van der Waals surface area contributed by atoms with Gasteiger partial charge in [0, 0.05) is 68.3 Å². The number of alkyl halides is 1. The van der Waals surface area contributed by atoms with Crippen molar-refractivity contribution >= 4 is 52.4 Å². The molecule has 0 bridgehead atoms. The van der Waals surface area contributed by atoms with E-state index in [-0.39, 0.29) is 37.6 Å². The number of anilines is 1. The van der Waals surface area contributed by atoms with E-state index in [0.29, 0.717) is 48.1 Å². The van der Waals surface area contributed by atoms with E-state index < -0.39 is 58.3 Å². The lowest BCUT2D eigenvalue weighted by atomic mass is 9.49. The van der Waals surface area contributed by atoms with Gasteiger partial charge in [-0.2, -0.15) is 5.26 Å². The lowest BCUT2D eigenvalue weighted by Crippen LogP contribution is -2.74. The average Bonchev–Trinajstić information content (AvgIpc) is 3.95. The van der Waals surface area contributed by atoms with E-state index in [1.165, 1.54) is 4.90 Å². The number of thiazole rings is 1. The van der Waals surface area contributed by atoms with Crippen LogP contribution in [0.3, 0.4) is 0 Å². The summed E-state index contributed by atoms with van der Waals surface area (Å²) in [5, 5.41) is 18.6. The average molecular weight is 999 g/mol. The zero-order valence-electron chi connectivity index (χ0n) is 41.5. The van der Waals surface area contributed by atoms with E-state index in [1.54, 1.807) is 47.3 Å². The van der Waals surface area contributed by atoms with Crippen LogP contribution in [0.5, 0.6) is 5.75 Å². The van der Waals surface area contributed by atoms with Crippen molar-refractivity contribution in [2.75, 3.05) is 57.4 Å². The first-order valence-corrected chi connectivity index (χ1v) is 25.1. The number of ether oxygens (including phenoxy) is 2. The maximum atomic E-state index is 15.0. The van der Waals surface area contributed by atoms with Crippen LogP contribution in [0, 0.1) is 34.5 Å². The van der Waals surface area contributed by atoms with Gasteiger partial charge >= 0.3 is 0 Å². The summed E-state index contributed by atoms with van der Waals surface area (Å²) in [7, 11) is 0. The Balaban J connectivity index is 0.831. The zero-order valence-corrected chi connectivity index (χ0v) is 43.0. The van der Waals surface area contributed by atoms with Crippen LogP contribution in [0.2, 0.25) is 5.02 Å². The third kappa shape index (κ3) is 11.6. The van der Waals surface area contributed by atoms with Crippen LogP contribution in [0.1, 0.15) is 95.0 Å². The highest BCUT2D eigenvalue weighted by molar-refractivity contribution is 7.13. The van der Waals surface area contributed by atoms with E-state index in [9.17, 15) is 28.8 Å². The second kappa shape index (κ2) is 21.4. The lowest BCUT2D eigenvalue weighted by molar-refractivity contribution is -0.164. The number of benzene rings is 2. The number of aromatic nitrogens is 2. The number of halogens is 2. The molecule has 4 heterocycles. The molecule has 2 aromatic heterocycles. The third-order valence-corrected chi connectivity index (χ3v) is 15.2. The molecular weight excluding hydrogens is 933 g/mol. The SMILES string of the molecule is Cc1ncsc1-c1ccc([C@H](C)NC(=O)[C@@H]2C[C@@H](F)CN2C(=O)[C@@H](NC(=O)COCCN2CCN(c3ccc(C(=O)NC4C(C)(C)C(Oc5ccc(C#N)c(Cl)c5)C4(C)C)cn3)CC2)C(C)(C)C)cc1. The lowest BCUT2D eigenvalue weighted by Gasteiger charge is -2.63. The third-order valence-electron chi connectivity index (χ3n) is 14.0. The fourth-order valence-electron chi connectivity index (χ4n) is 10.3. The maximum absolute atomic E-state index is 15.0. The molecule has 0 radical (unpaired) electrons. The molecule has 2 aliphatic heterocycles. The maximum Gasteiger partial charge on any atom is 0.253 e. The predicted molar refractivity (Wildman–Crippen MR) is 268 cm³/mol. The molecule has 2 saturated heterocycles. The standard InChI is InChI=1S/C52H65ClFN9O6S/c1-31(33-10-12-34(13-11-33)43-32(2)57-30-70-43)58-46(66)40-24-37(54)28-63(40)47(67)44(50(3,4)5)59-42(64)29-68-23-22-61-18-20-62(21-19-61)41-17-15-36(27-56-41)45(65)60-48-51(6,7)49(52(48,8)9)69-38-16-14-35(26-55)39(53)25-38/h10-17,25,27,30-31,37,40,44,48-49H,18-24,28-29H2,1-9H3,(H,58,66)(H,59,64)(H,60,65)/t31-,37+,40-,44+,48?,49?/m0/s1. The van der Waals surface area contributed by atoms with Crippen molar-refractivity contribution < 1.29 is 33.0 Å². The molecule has 1 saturated carbocycles. The summed E-state index contributed by atoms with van der Waals surface area (Å²) >= 11 is 7.81. The van der Waals surface area contributed by atoms with Gasteiger partial charge in [-0.25, -0.2) is 14.4 Å². The minimum Gasteiger partial charge on any atom is -0.489 e. The number of hydrogen-bond acceptors (Lipinski definition) is 12. The number of piperazine rings is 1. The molecule has 4 amide bonds. The van der Waals surface area contributed by atoms with E-state index in [0.717, 1.165) is 40.6 Å². The summed E-state index contributed by atoms with van der Waals surface area (Å²) in [4.78, 5) is 70.1. The minimum absolute atomic E-state index is 0.130. The second-order valence-electron chi connectivity index (χ2n) is 20.9. The largest absolute Gasteiger partial charge is 0.489 e. The predicted octanol–water partition coefficient (Wildman–Crippen LogP) is 7.14. The Morgan fingerprint density at radius 3 is 2.29 bits per heavy atom. The van der Waals surface area contributed by atoms with Crippen molar-refractivity contribution in [2.45, 2.75) is 105 Å². The fraction of sp³-hybridized carbons (Fsp3) is 0.519. The zero-order chi connectivity index (χ0) is 50.7. The molecule has 15 nitrogen and oxygen atoms in total. The van der Waals surface area contributed by atoms with Gasteiger partial charge in [0.2, 0.25) is 17.7 Å². The van der Waals surface area contributed by atoms with E-state index in [2.05, 4.69) is 69.5 Å². The molecule has 374 valence electrons. The molecule has 3 N–H and O–H groups in total. The van der Waals surface area contributed by atoms with E-state index in [4.69, 9.17) is 21.1 Å². The fourth-order valence-corrected chi connectivity index (χ4v) is 11.3. The smallest absolute Gasteiger partial charge is 0.253 e. The first-order valence-electron chi connectivity index (χ1n) is 23.8. The highest BCUT2D eigenvalue weighted by atomic mass is 35.5. The van der Waals surface area contributed by atoms with Crippen molar-refractivity contribution in [1.82, 2.24) is 35.7 Å². The molecule has 4 aromatic rings. The number of rotatable bonds is 16. The number of aryl methyl sites for hydroxylation is 1. The molecule has 70 heavy (non-hydrogen) atoms. The Labute approximate surface area is 419 Å². The molecular formula is C52H65ClFN9O6S. The van der Waals surface area contributed by atoms with Gasteiger partial charge in [-0.3, -0.25) is 24.1 Å². The molecule has 7 rings (SSSR count). The number of likely N-dealkylation sites (tertiary alicyclic amines) is 1. The topological polar surface area (TPSA) is 182 Å². The normalized spacial score (nSPS) is 21.7. The van der Waals surface area contributed by atoms with Gasteiger partial charge in [-0.1, -0.05) is 84.3 Å². The number of nitrogens with zero attached hydrogens (tertiary/aromatic N) is 6. The molecule has 3 aliphatic rings. The monoisotopic (exact) mass is 997 g/mol. The van der Waals surface area contributed by atoms with Crippen molar-refractivity contribution in [3.63, 3.8) is 0 Å². The number of carbonyl (C=O) groups is 4. The quantitative estimate of drug-likeness (QED) is 0.0972. The van der Waals surface area contributed by atoms with Crippen LogP contribution in [0.25, 0.3) is 10.4 Å². The van der Waals surface area contributed by atoms with Gasteiger partial charge in [0.15, 0.2) is 0 Å². The second-order valence-corrected chi connectivity index (χ2v) is 22.2. The molecule has 3 fully saturated rings. The first kappa shape index (κ1) is 52.2. The number of amides is 4. The summed E-state index contributed by atoms with van der Waals surface area (Å²) < 4.78 is 27.1. The van der Waals surface area contributed by atoms with E-state index >= 15 is 0 Å². The van der Waals surface area contributed by atoms with E-state index in [1.807, 2.05) is 65.0 Å². The summed E-state index contributed by atoms with van der Waals surface area (Å²) in [6.45, 7) is 20.8. The van der Waals surface area contributed by atoms with Crippen LogP contribution in [-0.4, -0.2) is 126 Å². The first-order chi connectivity index (χ1) is 33.1. The minimum atomic E-state index is -1.38. The van der Waals surface area contributed by atoms with Gasteiger partial charge in [0.05, 0.1) is 51.4 Å². The van der Waals surface area contributed by atoms with Crippen LogP contribution < -0.4 is 25.6 Å². The molecule has 0 spiro atoms. The number of hydrogen-bond donors (Lipinski definition) is 3.